The number of aromatic nitrogens is 2. The molecule has 2 rings (SSSR count). The number of nitrogens with zero attached hydrogens (tertiary/aromatic N) is 2. The van der Waals surface area contributed by atoms with Gasteiger partial charge in [-0.1, -0.05) is 11.3 Å². The normalized spacial score (nSPS) is 10.7. The Morgan fingerprint density at radius 1 is 1.47 bits per heavy atom. The Morgan fingerprint density at radius 3 is 2.94 bits per heavy atom. The molecule has 0 spiro atoms. The van der Waals surface area contributed by atoms with E-state index in [2.05, 4.69) is 22.0 Å². The lowest BCUT2D eigenvalue weighted by Crippen LogP contribution is -2.35. The predicted octanol–water partition coefficient (Wildman–Crippen LogP) is 0.904. The maximum Gasteiger partial charge on any atom is 0.225 e. The molecule has 0 amide bonds. The molecule has 17 heavy (non-hydrogen) atoms. The van der Waals surface area contributed by atoms with Gasteiger partial charge in [-0.05, 0) is 12.1 Å². The van der Waals surface area contributed by atoms with E-state index in [9.17, 15) is 0 Å². The fourth-order valence-corrected chi connectivity index (χ4v) is 2.66. The Kier molecular flexibility index (Phi) is 3.71. The highest BCUT2D eigenvalue weighted by Crippen LogP contribution is 2.12. The van der Waals surface area contributed by atoms with Crippen LogP contribution in [0.2, 0.25) is 0 Å². The van der Waals surface area contributed by atoms with Gasteiger partial charge in [-0.25, -0.2) is 4.98 Å². The van der Waals surface area contributed by atoms with Crippen molar-refractivity contribution in [2.75, 3.05) is 12.3 Å². The molecule has 0 aromatic carbocycles. The average Bonchev–Trinajstić information content (AvgIpc) is 2.65. The maximum atomic E-state index is 8.95. The maximum absolute atomic E-state index is 8.95. The monoisotopic (exact) mass is 250 g/mol. The van der Waals surface area contributed by atoms with Gasteiger partial charge in [0, 0.05) is 31.7 Å². The summed E-state index contributed by atoms with van der Waals surface area (Å²) in [6, 6.07) is 3.80. The summed E-state index contributed by atoms with van der Waals surface area (Å²) in [6.45, 7) is 3.07. The van der Waals surface area contributed by atoms with Crippen molar-refractivity contribution >= 4 is 17.2 Å². The molecule has 0 bridgehead atoms. The molecule has 0 aliphatic carbocycles. The smallest absolute Gasteiger partial charge is 0.225 e. The summed E-state index contributed by atoms with van der Waals surface area (Å²) in [7, 11) is 0. The van der Waals surface area contributed by atoms with Crippen molar-refractivity contribution in [3.8, 4) is 0 Å². The average molecular weight is 250 g/mol. The van der Waals surface area contributed by atoms with Crippen molar-refractivity contribution in [2.24, 2.45) is 0 Å². The first-order valence-corrected chi connectivity index (χ1v) is 6.36. The summed E-state index contributed by atoms with van der Waals surface area (Å²) in [5.74, 6) is 0.543. The van der Waals surface area contributed by atoms with E-state index >= 15 is 0 Å². The van der Waals surface area contributed by atoms with E-state index in [1.807, 2.05) is 12.1 Å². The lowest BCUT2D eigenvalue weighted by molar-refractivity contribution is -0.689. The summed E-state index contributed by atoms with van der Waals surface area (Å²) < 4.78 is 2.17. The van der Waals surface area contributed by atoms with Crippen molar-refractivity contribution in [1.29, 1.82) is 0 Å². The van der Waals surface area contributed by atoms with E-state index in [1.54, 1.807) is 17.5 Å². The van der Waals surface area contributed by atoms with Crippen LogP contribution >= 0.6 is 11.3 Å². The SMILES string of the molecule is Cc1c(CCO)sc[n+]1Cc1ccc(N)nc1. The van der Waals surface area contributed by atoms with Crippen LogP contribution < -0.4 is 10.3 Å². The molecule has 0 aliphatic rings. The molecule has 5 heteroatoms. The van der Waals surface area contributed by atoms with E-state index in [-0.39, 0.29) is 6.61 Å². The van der Waals surface area contributed by atoms with Crippen LogP contribution in [0, 0.1) is 6.92 Å². The lowest BCUT2D eigenvalue weighted by atomic mass is 10.2. The van der Waals surface area contributed by atoms with Crippen LogP contribution in [-0.4, -0.2) is 16.7 Å². The zero-order valence-corrected chi connectivity index (χ0v) is 10.6. The quantitative estimate of drug-likeness (QED) is 0.793. The summed E-state index contributed by atoms with van der Waals surface area (Å²) in [5.41, 5.74) is 9.96. The molecule has 0 radical (unpaired) electrons. The molecule has 0 saturated heterocycles. The highest BCUT2D eigenvalue weighted by Gasteiger charge is 2.15. The van der Waals surface area contributed by atoms with Crippen molar-refractivity contribution < 1.29 is 9.67 Å². The fourth-order valence-electron chi connectivity index (χ4n) is 1.68. The highest BCUT2D eigenvalue weighted by atomic mass is 32.1. The van der Waals surface area contributed by atoms with E-state index in [4.69, 9.17) is 10.8 Å². The van der Waals surface area contributed by atoms with Gasteiger partial charge in [0.2, 0.25) is 5.51 Å². The number of aliphatic hydroxyl groups is 1. The minimum Gasteiger partial charge on any atom is -0.396 e. The second-order valence-electron chi connectivity index (χ2n) is 3.92. The predicted molar refractivity (Wildman–Crippen MR) is 67.8 cm³/mol. The first-order valence-electron chi connectivity index (χ1n) is 5.48. The second kappa shape index (κ2) is 5.25. The molecular formula is C12H16N3OS+. The largest absolute Gasteiger partial charge is 0.396 e. The number of hydrogen-bond acceptors (Lipinski definition) is 4. The van der Waals surface area contributed by atoms with Gasteiger partial charge in [-0.3, -0.25) is 0 Å². The van der Waals surface area contributed by atoms with Crippen LogP contribution in [0.1, 0.15) is 16.1 Å². The van der Waals surface area contributed by atoms with Gasteiger partial charge < -0.3 is 10.8 Å². The molecule has 4 nitrogen and oxygen atoms in total. The summed E-state index contributed by atoms with van der Waals surface area (Å²) in [4.78, 5) is 5.31. The van der Waals surface area contributed by atoms with Crippen LogP contribution in [0.15, 0.2) is 23.8 Å². The number of hydrogen-bond donors (Lipinski definition) is 2. The van der Waals surface area contributed by atoms with Crippen LogP contribution in [0.3, 0.4) is 0 Å². The van der Waals surface area contributed by atoms with E-state index < -0.39 is 0 Å². The molecule has 0 fully saturated rings. The summed E-state index contributed by atoms with van der Waals surface area (Å²) in [5, 5.41) is 8.95. The molecule has 2 heterocycles. The molecular weight excluding hydrogens is 234 g/mol. The van der Waals surface area contributed by atoms with Crippen LogP contribution in [0.25, 0.3) is 0 Å². The summed E-state index contributed by atoms with van der Waals surface area (Å²) >= 11 is 1.68. The molecule has 0 atom stereocenters. The zero-order valence-electron chi connectivity index (χ0n) is 9.76. The molecule has 0 saturated carbocycles. The molecule has 0 aliphatic heterocycles. The minimum atomic E-state index is 0.199. The van der Waals surface area contributed by atoms with Gasteiger partial charge in [-0.2, -0.15) is 4.57 Å². The van der Waals surface area contributed by atoms with Gasteiger partial charge >= 0.3 is 0 Å². The number of aliphatic hydroxyl groups excluding tert-OH is 1. The van der Waals surface area contributed by atoms with Crippen LogP contribution in [0.5, 0.6) is 0 Å². The van der Waals surface area contributed by atoms with Crippen molar-refractivity contribution in [1.82, 2.24) is 4.98 Å². The topological polar surface area (TPSA) is 63.0 Å². The molecule has 90 valence electrons. The Labute approximate surface area is 104 Å². The van der Waals surface area contributed by atoms with Crippen LogP contribution in [-0.2, 0) is 13.0 Å². The van der Waals surface area contributed by atoms with E-state index in [0.29, 0.717) is 5.82 Å². The molecule has 2 aromatic heterocycles. The molecule has 3 N–H and O–H groups in total. The number of nitrogen functional groups attached to an aromatic ring is 1. The third-order valence-electron chi connectivity index (χ3n) is 2.70. The molecule has 0 unspecified atom stereocenters. The van der Waals surface area contributed by atoms with E-state index in [0.717, 1.165) is 18.5 Å². The van der Waals surface area contributed by atoms with Crippen molar-refractivity contribution in [3.05, 3.63) is 40.0 Å². The number of rotatable bonds is 4. The zero-order chi connectivity index (χ0) is 12.3. The summed E-state index contributed by atoms with van der Waals surface area (Å²) in [6.07, 6.45) is 2.52. The van der Waals surface area contributed by atoms with Crippen molar-refractivity contribution in [2.45, 2.75) is 19.9 Å². The van der Waals surface area contributed by atoms with Crippen LogP contribution in [0.4, 0.5) is 5.82 Å². The Hall–Kier alpha value is -1.46. The van der Waals surface area contributed by atoms with Gasteiger partial charge in [0.05, 0.1) is 4.88 Å². The van der Waals surface area contributed by atoms with Gasteiger partial charge in [0.1, 0.15) is 5.82 Å². The van der Waals surface area contributed by atoms with Gasteiger partial charge in [0.15, 0.2) is 12.2 Å². The standard InChI is InChI=1S/C12H16N3OS/c1-9-11(4-5-16)17-8-15(9)7-10-2-3-12(13)14-6-10/h2-3,6,8,16H,4-5,7H2,1H3,(H2,13,14)/q+1. The van der Waals surface area contributed by atoms with Gasteiger partial charge in [0.25, 0.3) is 0 Å². The highest BCUT2D eigenvalue weighted by molar-refractivity contribution is 7.09. The third kappa shape index (κ3) is 2.81. The van der Waals surface area contributed by atoms with E-state index in [1.165, 1.54) is 10.6 Å². The van der Waals surface area contributed by atoms with Crippen molar-refractivity contribution in [3.63, 3.8) is 0 Å². The minimum absolute atomic E-state index is 0.199. The Balaban J connectivity index is 2.16. The lowest BCUT2D eigenvalue weighted by Gasteiger charge is -1.98. The first-order chi connectivity index (χ1) is 8.20. The fraction of sp³-hybridized carbons (Fsp3) is 0.333. The number of nitrogens with two attached hydrogens (primary N) is 1. The Morgan fingerprint density at radius 2 is 2.29 bits per heavy atom. The third-order valence-corrected chi connectivity index (χ3v) is 3.84. The Bertz CT molecular complexity index is 493. The van der Waals surface area contributed by atoms with Gasteiger partial charge in [-0.15, -0.1) is 0 Å². The number of thiazole rings is 1. The first kappa shape index (κ1) is 12.0. The molecule has 2 aromatic rings. The number of pyridine rings is 1. The number of anilines is 1. The second-order valence-corrected chi connectivity index (χ2v) is 4.86.